The van der Waals surface area contributed by atoms with Gasteiger partial charge in [-0.05, 0) is 12.1 Å². The number of primary amides is 1. The number of nitro benzene ring substituents is 1. The zero-order valence-corrected chi connectivity index (χ0v) is 7.21. The normalized spacial score (nSPS) is 10.3. The predicted molar refractivity (Wildman–Crippen MR) is 51.3 cm³/mol. The maximum Gasteiger partial charge on any atom is 0.276 e. The van der Waals surface area contributed by atoms with Gasteiger partial charge in [-0.25, -0.2) is 0 Å². The molecule has 0 unspecified atom stereocenters. The standard InChI is InChI=1S/C9H8N2O3/c10-9(12)6-5-7-3-1-2-4-8(7)11(13)14/h1-6H,(H2,10,12). The van der Waals surface area contributed by atoms with Crippen LogP contribution in [0, 0.1) is 10.1 Å². The van der Waals surface area contributed by atoms with Crippen molar-refractivity contribution in [2.24, 2.45) is 5.73 Å². The molecule has 1 aromatic carbocycles. The van der Waals surface area contributed by atoms with E-state index in [9.17, 15) is 14.9 Å². The molecular weight excluding hydrogens is 184 g/mol. The molecule has 5 heteroatoms. The SMILES string of the molecule is NC(=O)C=Cc1ccccc1[N+](=O)[O-]. The second kappa shape index (κ2) is 4.18. The molecule has 1 rings (SSSR count). The maximum absolute atomic E-state index is 10.5. The van der Waals surface area contributed by atoms with Crippen molar-refractivity contribution in [3.8, 4) is 0 Å². The highest BCUT2D eigenvalue weighted by Crippen LogP contribution is 2.18. The summed E-state index contributed by atoms with van der Waals surface area (Å²) in [7, 11) is 0. The van der Waals surface area contributed by atoms with Crippen molar-refractivity contribution in [2.75, 3.05) is 0 Å². The molecule has 0 spiro atoms. The Morgan fingerprint density at radius 2 is 2.07 bits per heavy atom. The molecule has 0 aromatic heterocycles. The van der Waals surface area contributed by atoms with Gasteiger partial charge in [-0.2, -0.15) is 0 Å². The molecule has 0 saturated heterocycles. The smallest absolute Gasteiger partial charge is 0.276 e. The first-order valence-electron chi connectivity index (χ1n) is 3.82. The highest BCUT2D eigenvalue weighted by molar-refractivity contribution is 5.90. The van der Waals surface area contributed by atoms with Gasteiger partial charge in [0.15, 0.2) is 0 Å². The maximum atomic E-state index is 10.5. The molecule has 0 aliphatic carbocycles. The van der Waals surface area contributed by atoms with E-state index in [-0.39, 0.29) is 5.69 Å². The lowest BCUT2D eigenvalue weighted by molar-refractivity contribution is -0.385. The number of benzene rings is 1. The molecule has 5 nitrogen and oxygen atoms in total. The van der Waals surface area contributed by atoms with Gasteiger partial charge in [-0.15, -0.1) is 0 Å². The Bertz CT molecular complexity index is 399. The first kappa shape index (κ1) is 9.91. The van der Waals surface area contributed by atoms with E-state index in [1.54, 1.807) is 12.1 Å². The highest BCUT2D eigenvalue weighted by Gasteiger charge is 2.08. The molecule has 0 bridgehead atoms. The summed E-state index contributed by atoms with van der Waals surface area (Å²) in [6.07, 6.45) is 2.41. The fraction of sp³-hybridized carbons (Fsp3) is 0. The number of nitrogens with two attached hydrogens (primary N) is 1. The van der Waals surface area contributed by atoms with Gasteiger partial charge in [0.2, 0.25) is 5.91 Å². The van der Waals surface area contributed by atoms with Crippen molar-refractivity contribution in [2.45, 2.75) is 0 Å². The molecular formula is C9H8N2O3. The van der Waals surface area contributed by atoms with E-state index in [1.165, 1.54) is 18.2 Å². The second-order valence-electron chi connectivity index (χ2n) is 2.55. The quantitative estimate of drug-likeness (QED) is 0.441. The van der Waals surface area contributed by atoms with E-state index < -0.39 is 10.8 Å². The minimum absolute atomic E-state index is 0.0509. The van der Waals surface area contributed by atoms with E-state index in [2.05, 4.69) is 0 Å². The zero-order valence-electron chi connectivity index (χ0n) is 7.21. The van der Waals surface area contributed by atoms with Crippen LogP contribution in [0.2, 0.25) is 0 Å². The fourth-order valence-electron chi connectivity index (χ4n) is 0.967. The van der Waals surface area contributed by atoms with Crippen molar-refractivity contribution in [3.05, 3.63) is 46.0 Å². The van der Waals surface area contributed by atoms with Crippen LogP contribution in [-0.2, 0) is 4.79 Å². The molecule has 0 fully saturated rings. The van der Waals surface area contributed by atoms with Crippen molar-refractivity contribution in [3.63, 3.8) is 0 Å². The summed E-state index contributed by atoms with van der Waals surface area (Å²) in [6, 6.07) is 6.10. The van der Waals surface area contributed by atoms with Gasteiger partial charge in [0.25, 0.3) is 5.69 Å². The summed E-state index contributed by atoms with van der Waals surface area (Å²) in [5.74, 6) is -0.636. The lowest BCUT2D eigenvalue weighted by atomic mass is 10.1. The Balaban J connectivity index is 3.07. The number of hydrogen-bond donors (Lipinski definition) is 1. The summed E-state index contributed by atoms with van der Waals surface area (Å²) >= 11 is 0. The first-order chi connectivity index (χ1) is 6.61. The highest BCUT2D eigenvalue weighted by atomic mass is 16.6. The lowest BCUT2D eigenvalue weighted by Crippen LogP contribution is -2.05. The largest absolute Gasteiger partial charge is 0.366 e. The van der Waals surface area contributed by atoms with Crippen molar-refractivity contribution in [1.29, 1.82) is 0 Å². The van der Waals surface area contributed by atoms with E-state index in [0.717, 1.165) is 6.08 Å². The molecule has 0 heterocycles. The summed E-state index contributed by atoms with van der Waals surface area (Å²) in [5.41, 5.74) is 5.18. The van der Waals surface area contributed by atoms with Crippen molar-refractivity contribution in [1.82, 2.24) is 0 Å². The second-order valence-corrected chi connectivity index (χ2v) is 2.55. The van der Waals surface area contributed by atoms with Crippen molar-refractivity contribution < 1.29 is 9.72 Å². The third-order valence-electron chi connectivity index (χ3n) is 1.56. The van der Waals surface area contributed by atoms with Crippen LogP contribution in [0.3, 0.4) is 0 Å². The minimum Gasteiger partial charge on any atom is -0.366 e. The predicted octanol–water partition coefficient (Wildman–Crippen LogP) is 1.09. The zero-order chi connectivity index (χ0) is 10.6. The van der Waals surface area contributed by atoms with Gasteiger partial charge in [0.05, 0.1) is 10.5 Å². The molecule has 0 aliphatic heterocycles. The molecule has 14 heavy (non-hydrogen) atoms. The van der Waals surface area contributed by atoms with Gasteiger partial charge < -0.3 is 5.73 Å². The molecule has 0 radical (unpaired) electrons. The van der Waals surface area contributed by atoms with Crippen LogP contribution >= 0.6 is 0 Å². The van der Waals surface area contributed by atoms with Gasteiger partial charge in [-0.3, -0.25) is 14.9 Å². The van der Waals surface area contributed by atoms with E-state index in [0.29, 0.717) is 5.56 Å². The molecule has 0 saturated carbocycles. The van der Waals surface area contributed by atoms with Gasteiger partial charge in [0, 0.05) is 12.1 Å². The Morgan fingerprint density at radius 1 is 1.43 bits per heavy atom. The monoisotopic (exact) mass is 192 g/mol. The van der Waals surface area contributed by atoms with Crippen LogP contribution in [-0.4, -0.2) is 10.8 Å². The number of amides is 1. The van der Waals surface area contributed by atoms with Gasteiger partial charge in [-0.1, -0.05) is 12.1 Å². The lowest BCUT2D eigenvalue weighted by Gasteiger charge is -1.95. The first-order valence-corrected chi connectivity index (χ1v) is 3.82. The Labute approximate surface area is 80.0 Å². The summed E-state index contributed by atoms with van der Waals surface area (Å²) in [6.45, 7) is 0. The topological polar surface area (TPSA) is 86.2 Å². The Hall–Kier alpha value is -2.17. The molecule has 1 aromatic rings. The van der Waals surface area contributed by atoms with Crippen LogP contribution < -0.4 is 5.73 Å². The summed E-state index contributed by atoms with van der Waals surface area (Å²) in [5, 5.41) is 10.5. The van der Waals surface area contributed by atoms with E-state index in [1.807, 2.05) is 0 Å². The van der Waals surface area contributed by atoms with E-state index in [4.69, 9.17) is 5.73 Å². The third-order valence-corrected chi connectivity index (χ3v) is 1.56. The van der Waals surface area contributed by atoms with Crippen LogP contribution in [0.4, 0.5) is 5.69 Å². The molecule has 1 amide bonds. The van der Waals surface area contributed by atoms with Crippen LogP contribution in [0.1, 0.15) is 5.56 Å². The van der Waals surface area contributed by atoms with Gasteiger partial charge in [0.1, 0.15) is 0 Å². The number of nitrogens with zero attached hydrogens (tertiary/aromatic N) is 1. The van der Waals surface area contributed by atoms with E-state index >= 15 is 0 Å². The number of hydrogen-bond acceptors (Lipinski definition) is 3. The Kier molecular flexibility index (Phi) is 2.96. The molecule has 0 aliphatic rings. The van der Waals surface area contributed by atoms with Crippen LogP contribution in [0.15, 0.2) is 30.3 Å². The number of nitro groups is 1. The molecule has 2 N–H and O–H groups in total. The average molecular weight is 192 g/mol. The number of carbonyl (C=O) groups excluding carboxylic acids is 1. The van der Waals surface area contributed by atoms with Gasteiger partial charge >= 0.3 is 0 Å². The number of rotatable bonds is 3. The van der Waals surface area contributed by atoms with Crippen LogP contribution in [0.25, 0.3) is 6.08 Å². The van der Waals surface area contributed by atoms with Crippen molar-refractivity contribution >= 4 is 17.7 Å². The molecule has 72 valence electrons. The van der Waals surface area contributed by atoms with Crippen LogP contribution in [0.5, 0.6) is 0 Å². The molecule has 0 atom stereocenters. The summed E-state index contributed by atoms with van der Waals surface area (Å²) < 4.78 is 0. The number of carbonyl (C=O) groups is 1. The minimum atomic E-state index is -0.636. The fourth-order valence-corrected chi connectivity index (χ4v) is 0.967. The summed E-state index contributed by atoms with van der Waals surface area (Å²) in [4.78, 5) is 20.4. The Morgan fingerprint density at radius 3 is 2.64 bits per heavy atom. The average Bonchev–Trinajstić information content (AvgIpc) is 2.15. The third kappa shape index (κ3) is 2.41. The number of para-hydroxylation sites is 1.